The van der Waals surface area contributed by atoms with E-state index in [2.05, 4.69) is 58.6 Å². The van der Waals surface area contributed by atoms with Crippen LogP contribution in [0.2, 0.25) is 0 Å². The second kappa shape index (κ2) is 7.16. The van der Waals surface area contributed by atoms with Gasteiger partial charge in [0.1, 0.15) is 0 Å². The highest BCUT2D eigenvalue weighted by Crippen LogP contribution is 2.11. The summed E-state index contributed by atoms with van der Waals surface area (Å²) in [6.45, 7) is 10.3. The molecule has 1 N–H and O–H groups in total. The Balaban J connectivity index is 2.08. The summed E-state index contributed by atoms with van der Waals surface area (Å²) in [5, 5.41) is 4.38. The predicted molar refractivity (Wildman–Crippen MR) is 92.3 cm³/mol. The van der Waals surface area contributed by atoms with E-state index >= 15 is 0 Å². The van der Waals surface area contributed by atoms with E-state index in [1.165, 1.54) is 5.56 Å². The Bertz CT molecular complexity index is 637. The van der Waals surface area contributed by atoms with Gasteiger partial charge in [0, 0.05) is 11.4 Å². The molecule has 0 aliphatic heterocycles. The third kappa shape index (κ3) is 4.65. The normalized spacial score (nSPS) is 11.8. The number of benzene rings is 1. The van der Waals surface area contributed by atoms with E-state index in [4.69, 9.17) is 0 Å². The molecule has 0 spiro atoms. The first-order valence-electron chi connectivity index (χ1n) is 7.66. The average Bonchev–Trinajstić information content (AvgIpc) is 2.44. The molecule has 1 aromatic carbocycles. The van der Waals surface area contributed by atoms with E-state index in [1.54, 1.807) is 0 Å². The second-order valence-corrected chi connectivity index (χ2v) is 6.08. The maximum absolute atomic E-state index is 4.38. The van der Waals surface area contributed by atoms with E-state index in [0.717, 1.165) is 29.1 Å². The van der Waals surface area contributed by atoms with Crippen molar-refractivity contribution in [2.75, 3.05) is 5.43 Å². The molecule has 0 amide bonds. The summed E-state index contributed by atoms with van der Waals surface area (Å²) < 4.78 is 0. The van der Waals surface area contributed by atoms with Crippen LogP contribution in [0.4, 0.5) is 5.95 Å². The van der Waals surface area contributed by atoms with Crippen molar-refractivity contribution in [1.82, 2.24) is 9.97 Å². The van der Waals surface area contributed by atoms with Crippen LogP contribution >= 0.6 is 0 Å². The van der Waals surface area contributed by atoms with Crippen LogP contribution in [0.3, 0.4) is 0 Å². The monoisotopic (exact) mass is 296 g/mol. The Morgan fingerprint density at radius 1 is 1.09 bits per heavy atom. The van der Waals surface area contributed by atoms with Crippen LogP contribution in [0.25, 0.3) is 0 Å². The van der Waals surface area contributed by atoms with Crippen molar-refractivity contribution >= 4 is 11.7 Å². The summed E-state index contributed by atoms with van der Waals surface area (Å²) in [5.74, 6) is 1.21. The predicted octanol–water partition coefficient (Wildman–Crippen LogP) is 4.13. The molecule has 1 aromatic heterocycles. The van der Waals surface area contributed by atoms with Gasteiger partial charge in [0.05, 0.1) is 5.71 Å². The maximum atomic E-state index is 4.38. The van der Waals surface area contributed by atoms with Gasteiger partial charge in [-0.05, 0) is 50.3 Å². The first-order valence-corrected chi connectivity index (χ1v) is 7.66. The summed E-state index contributed by atoms with van der Waals surface area (Å²) in [7, 11) is 0. The molecular formula is C18H24N4. The van der Waals surface area contributed by atoms with Crippen LogP contribution in [0, 0.1) is 19.8 Å². The summed E-state index contributed by atoms with van der Waals surface area (Å²) in [6.07, 6.45) is 1.10. The molecule has 0 aliphatic carbocycles. The molecule has 0 aliphatic rings. The first-order chi connectivity index (χ1) is 10.4. The molecule has 0 bridgehead atoms. The minimum Gasteiger partial charge on any atom is -0.245 e. The Hall–Kier alpha value is -2.23. The largest absolute Gasteiger partial charge is 0.245 e. The molecule has 1 heterocycles. The molecule has 0 saturated heterocycles. The molecule has 2 rings (SSSR count). The summed E-state index contributed by atoms with van der Waals surface area (Å²) in [4.78, 5) is 8.63. The van der Waals surface area contributed by atoms with Crippen molar-refractivity contribution in [3.63, 3.8) is 0 Å². The lowest BCUT2D eigenvalue weighted by molar-refractivity contribution is 0.647. The van der Waals surface area contributed by atoms with E-state index in [9.17, 15) is 0 Å². The lowest BCUT2D eigenvalue weighted by Crippen LogP contribution is -2.04. The molecule has 0 radical (unpaired) electrons. The van der Waals surface area contributed by atoms with Crippen molar-refractivity contribution in [2.45, 2.75) is 41.0 Å². The molecule has 0 fully saturated rings. The smallest absolute Gasteiger partial charge is 0.243 e. The fraction of sp³-hybridized carbons (Fsp3) is 0.389. The van der Waals surface area contributed by atoms with Crippen LogP contribution < -0.4 is 5.43 Å². The first kappa shape index (κ1) is 16.1. The van der Waals surface area contributed by atoms with Crippen molar-refractivity contribution in [3.05, 3.63) is 52.8 Å². The average molecular weight is 296 g/mol. The fourth-order valence-corrected chi connectivity index (χ4v) is 2.33. The van der Waals surface area contributed by atoms with E-state index in [-0.39, 0.29) is 0 Å². The zero-order valence-electron chi connectivity index (χ0n) is 14.0. The number of aromatic nitrogens is 2. The van der Waals surface area contributed by atoms with Gasteiger partial charge in [0.15, 0.2) is 0 Å². The standard InChI is InChI=1S/C18H24N4/c1-12(2)10-16-6-8-17(9-7-16)15(5)21-22-18-19-13(3)11-14(4)20-18/h6-9,11-12H,10H2,1-5H3,(H,19,20,22)/b21-15-. The zero-order valence-corrected chi connectivity index (χ0v) is 14.0. The SMILES string of the molecule is C/C(=N/Nc1nc(C)cc(C)n1)c1ccc(CC(C)C)cc1. The molecule has 4 heteroatoms. The van der Waals surface area contributed by atoms with Crippen LogP contribution in [0.15, 0.2) is 35.4 Å². The zero-order chi connectivity index (χ0) is 16.1. The van der Waals surface area contributed by atoms with Crippen LogP contribution in [-0.4, -0.2) is 15.7 Å². The van der Waals surface area contributed by atoms with Crippen molar-refractivity contribution in [2.24, 2.45) is 11.0 Å². The third-order valence-electron chi connectivity index (χ3n) is 3.32. The minimum atomic E-state index is 0.535. The summed E-state index contributed by atoms with van der Waals surface area (Å²) in [5.41, 5.74) is 8.18. The molecule has 0 unspecified atom stereocenters. The van der Waals surface area contributed by atoms with Gasteiger partial charge in [-0.3, -0.25) is 0 Å². The van der Waals surface area contributed by atoms with Crippen molar-refractivity contribution in [3.8, 4) is 0 Å². The van der Waals surface area contributed by atoms with Gasteiger partial charge < -0.3 is 0 Å². The van der Waals surface area contributed by atoms with Crippen LogP contribution in [-0.2, 0) is 6.42 Å². The molecule has 2 aromatic rings. The summed E-state index contributed by atoms with van der Waals surface area (Å²) in [6, 6.07) is 10.5. The van der Waals surface area contributed by atoms with Gasteiger partial charge >= 0.3 is 0 Å². The molecule has 4 nitrogen and oxygen atoms in total. The number of anilines is 1. The van der Waals surface area contributed by atoms with E-state index < -0.39 is 0 Å². The number of nitrogens with one attached hydrogen (secondary N) is 1. The fourth-order valence-electron chi connectivity index (χ4n) is 2.33. The van der Waals surface area contributed by atoms with Crippen LogP contribution in [0.5, 0.6) is 0 Å². The highest BCUT2D eigenvalue weighted by Gasteiger charge is 2.02. The summed E-state index contributed by atoms with van der Waals surface area (Å²) >= 11 is 0. The van der Waals surface area contributed by atoms with E-state index in [0.29, 0.717) is 11.9 Å². The van der Waals surface area contributed by atoms with Gasteiger partial charge in [-0.1, -0.05) is 38.1 Å². The van der Waals surface area contributed by atoms with Gasteiger partial charge in [-0.2, -0.15) is 5.10 Å². The highest BCUT2D eigenvalue weighted by atomic mass is 15.4. The Morgan fingerprint density at radius 2 is 1.68 bits per heavy atom. The number of hydrogen-bond acceptors (Lipinski definition) is 4. The Morgan fingerprint density at radius 3 is 2.23 bits per heavy atom. The number of rotatable bonds is 5. The molecule has 22 heavy (non-hydrogen) atoms. The Kier molecular flexibility index (Phi) is 5.26. The van der Waals surface area contributed by atoms with Crippen molar-refractivity contribution < 1.29 is 0 Å². The number of aryl methyl sites for hydroxylation is 2. The maximum Gasteiger partial charge on any atom is 0.243 e. The van der Waals surface area contributed by atoms with Gasteiger partial charge in [0.2, 0.25) is 5.95 Å². The molecule has 0 atom stereocenters. The molecule has 0 saturated carbocycles. The lowest BCUT2D eigenvalue weighted by atomic mass is 10.0. The molecular weight excluding hydrogens is 272 g/mol. The number of hydrogen-bond donors (Lipinski definition) is 1. The van der Waals surface area contributed by atoms with Crippen LogP contribution in [0.1, 0.15) is 43.3 Å². The number of nitrogens with zero attached hydrogens (tertiary/aromatic N) is 3. The lowest BCUT2D eigenvalue weighted by Gasteiger charge is -2.07. The Labute approximate surface area is 132 Å². The minimum absolute atomic E-state index is 0.535. The topological polar surface area (TPSA) is 50.2 Å². The second-order valence-electron chi connectivity index (χ2n) is 6.08. The quantitative estimate of drug-likeness (QED) is 0.666. The molecule has 116 valence electrons. The van der Waals surface area contributed by atoms with Gasteiger partial charge in [0.25, 0.3) is 0 Å². The van der Waals surface area contributed by atoms with E-state index in [1.807, 2.05) is 26.8 Å². The van der Waals surface area contributed by atoms with Gasteiger partial charge in [-0.25, -0.2) is 15.4 Å². The van der Waals surface area contributed by atoms with Crippen molar-refractivity contribution in [1.29, 1.82) is 0 Å². The van der Waals surface area contributed by atoms with Gasteiger partial charge in [-0.15, -0.1) is 0 Å². The highest BCUT2D eigenvalue weighted by molar-refractivity contribution is 5.99. The number of hydrazone groups is 1. The third-order valence-corrected chi connectivity index (χ3v) is 3.32.